The molecule has 0 saturated carbocycles. The van der Waals surface area contributed by atoms with Crippen LogP contribution >= 0.6 is 34.4 Å². The molecule has 7 nitrogen and oxygen atoms in total. The Balaban J connectivity index is 1.77. The van der Waals surface area contributed by atoms with Gasteiger partial charge in [0, 0.05) is 5.69 Å². The van der Waals surface area contributed by atoms with E-state index < -0.39 is 17.1 Å². The van der Waals surface area contributed by atoms with Gasteiger partial charge in [0.2, 0.25) is 5.91 Å². The Bertz CT molecular complexity index is 1070. The molecule has 31 heavy (non-hydrogen) atoms. The zero-order valence-electron chi connectivity index (χ0n) is 17.2. The van der Waals surface area contributed by atoms with Crippen LogP contribution in [-0.2, 0) is 9.59 Å². The number of hydrogen-bond acceptors (Lipinski definition) is 6. The lowest BCUT2D eigenvalue weighted by molar-refractivity contribution is -0.127. The number of amides is 3. The van der Waals surface area contributed by atoms with E-state index in [-0.39, 0.29) is 11.4 Å². The van der Waals surface area contributed by atoms with Crippen molar-refractivity contribution in [3.05, 3.63) is 56.0 Å². The van der Waals surface area contributed by atoms with Gasteiger partial charge in [-0.2, -0.15) is 0 Å². The molecule has 1 fully saturated rings. The van der Waals surface area contributed by atoms with Gasteiger partial charge in [0.1, 0.15) is 6.54 Å². The van der Waals surface area contributed by atoms with Crippen LogP contribution in [0.5, 0.6) is 11.5 Å². The molecule has 9 heteroatoms. The van der Waals surface area contributed by atoms with Crippen molar-refractivity contribution in [2.75, 3.05) is 25.6 Å². The summed E-state index contributed by atoms with van der Waals surface area (Å²) in [5.74, 6) is 0.230. The first-order valence-electron chi connectivity index (χ1n) is 9.45. The second-order valence-electron chi connectivity index (χ2n) is 6.60. The summed E-state index contributed by atoms with van der Waals surface area (Å²) in [4.78, 5) is 38.7. The van der Waals surface area contributed by atoms with E-state index in [1.807, 2.05) is 32.0 Å². The maximum Gasteiger partial charge on any atom is 0.294 e. The van der Waals surface area contributed by atoms with Crippen LogP contribution in [0.25, 0.3) is 6.08 Å². The van der Waals surface area contributed by atoms with Crippen molar-refractivity contribution in [3.8, 4) is 11.5 Å². The first kappa shape index (κ1) is 23.1. The smallest absolute Gasteiger partial charge is 0.294 e. The fraction of sp³-hybridized carbons (Fsp3) is 0.227. The Hall–Kier alpha value is -2.53. The summed E-state index contributed by atoms with van der Waals surface area (Å²) in [6.07, 6.45) is 1.62. The lowest BCUT2D eigenvalue weighted by Crippen LogP contribution is -2.36. The minimum absolute atomic E-state index is 0.246. The number of rotatable bonds is 7. The van der Waals surface area contributed by atoms with E-state index >= 15 is 0 Å². The van der Waals surface area contributed by atoms with Crippen molar-refractivity contribution in [2.24, 2.45) is 0 Å². The van der Waals surface area contributed by atoms with Crippen molar-refractivity contribution in [1.29, 1.82) is 0 Å². The average molecular weight is 552 g/mol. The van der Waals surface area contributed by atoms with Gasteiger partial charge in [-0.15, -0.1) is 0 Å². The summed E-state index contributed by atoms with van der Waals surface area (Å²) in [5.41, 5.74) is 2.23. The van der Waals surface area contributed by atoms with E-state index in [1.165, 1.54) is 0 Å². The second kappa shape index (κ2) is 10.2. The quantitative estimate of drug-likeness (QED) is 0.397. The molecule has 1 heterocycles. The zero-order valence-corrected chi connectivity index (χ0v) is 20.2. The number of nitrogens with one attached hydrogen (secondary N) is 1. The van der Waals surface area contributed by atoms with Gasteiger partial charge in [0.25, 0.3) is 11.1 Å². The van der Waals surface area contributed by atoms with Gasteiger partial charge in [-0.1, -0.05) is 18.2 Å². The third kappa shape index (κ3) is 5.40. The normalized spacial score (nSPS) is 14.8. The number of halogens is 1. The third-order valence-electron chi connectivity index (χ3n) is 4.43. The Labute approximate surface area is 198 Å². The number of methoxy groups -OCH3 is 1. The number of imide groups is 1. The van der Waals surface area contributed by atoms with Gasteiger partial charge >= 0.3 is 0 Å². The van der Waals surface area contributed by atoms with Gasteiger partial charge in [0.05, 0.1) is 22.2 Å². The molecule has 0 spiro atoms. The van der Waals surface area contributed by atoms with Crippen LogP contribution < -0.4 is 14.8 Å². The number of aryl methyl sites for hydroxylation is 1. The highest BCUT2D eigenvalue weighted by Crippen LogP contribution is 2.37. The molecule has 0 aliphatic carbocycles. The predicted molar refractivity (Wildman–Crippen MR) is 129 cm³/mol. The van der Waals surface area contributed by atoms with Crippen LogP contribution in [0.4, 0.5) is 10.5 Å². The van der Waals surface area contributed by atoms with Crippen LogP contribution in [-0.4, -0.2) is 42.2 Å². The predicted octanol–water partition coefficient (Wildman–Crippen LogP) is 4.68. The zero-order chi connectivity index (χ0) is 22.5. The second-order valence-corrected chi connectivity index (χ2v) is 8.75. The van der Waals surface area contributed by atoms with E-state index in [4.69, 9.17) is 9.47 Å². The molecule has 0 atom stereocenters. The van der Waals surface area contributed by atoms with Crippen LogP contribution in [0.3, 0.4) is 0 Å². The average Bonchev–Trinajstić information content (AvgIpc) is 2.98. The molecule has 0 aromatic heterocycles. The highest BCUT2D eigenvalue weighted by atomic mass is 127. The number of ether oxygens (including phenoxy) is 2. The van der Waals surface area contributed by atoms with Crippen LogP contribution in [0.15, 0.2) is 41.3 Å². The summed E-state index contributed by atoms with van der Waals surface area (Å²) >= 11 is 2.94. The molecule has 1 aliphatic rings. The number of benzene rings is 2. The molecule has 2 aromatic carbocycles. The van der Waals surface area contributed by atoms with E-state index in [0.717, 1.165) is 25.8 Å². The summed E-state index contributed by atoms with van der Waals surface area (Å²) < 4.78 is 11.8. The third-order valence-corrected chi connectivity index (χ3v) is 6.14. The fourth-order valence-corrected chi connectivity index (χ4v) is 4.56. The summed E-state index contributed by atoms with van der Waals surface area (Å²) in [5, 5.41) is 2.26. The number of anilines is 1. The molecule has 0 unspecified atom stereocenters. The number of hydrogen-bond donors (Lipinski definition) is 1. The van der Waals surface area contributed by atoms with Crippen LogP contribution in [0.1, 0.15) is 18.1 Å². The molecule has 2 aromatic rings. The Morgan fingerprint density at radius 1 is 1.26 bits per heavy atom. The largest absolute Gasteiger partial charge is 0.493 e. The summed E-state index contributed by atoms with van der Waals surface area (Å²) in [7, 11) is 1.54. The number of carbonyl (C=O) groups excluding carboxylic acids is 3. The van der Waals surface area contributed by atoms with Crippen LogP contribution in [0.2, 0.25) is 0 Å². The molecule has 3 rings (SSSR count). The van der Waals surface area contributed by atoms with Gasteiger partial charge in [-0.05, 0) is 83.6 Å². The first-order chi connectivity index (χ1) is 14.8. The van der Waals surface area contributed by atoms with Crippen molar-refractivity contribution in [3.63, 3.8) is 0 Å². The van der Waals surface area contributed by atoms with E-state index in [9.17, 15) is 14.4 Å². The van der Waals surface area contributed by atoms with Crippen molar-refractivity contribution in [2.45, 2.75) is 13.8 Å². The van der Waals surface area contributed by atoms with E-state index in [0.29, 0.717) is 29.4 Å². The minimum atomic E-state index is -0.502. The maximum atomic E-state index is 12.8. The summed E-state index contributed by atoms with van der Waals surface area (Å²) in [6.45, 7) is 3.90. The molecule has 1 saturated heterocycles. The van der Waals surface area contributed by atoms with Gasteiger partial charge in [-0.3, -0.25) is 19.3 Å². The molecule has 3 amide bonds. The molecule has 0 radical (unpaired) electrons. The highest BCUT2D eigenvalue weighted by molar-refractivity contribution is 14.1. The maximum absolute atomic E-state index is 12.8. The molecule has 162 valence electrons. The van der Waals surface area contributed by atoms with Crippen molar-refractivity contribution in [1.82, 2.24) is 4.90 Å². The van der Waals surface area contributed by atoms with E-state index in [1.54, 1.807) is 31.4 Å². The lowest BCUT2D eigenvalue weighted by atomic mass is 10.2. The summed E-state index contributed by atoms with van der Waals surface area (Å²) in [6, 6.07) is 10.9. The molecular formula is C22H21IN2O5S. The molecule has 0 bridgehead atoms. The molecule has 1 N–H and O–H groups in total. The van der Waals surface area contributed by atoms with Gasteiger partial charge < -0.3 is 14.8 Å². The highest BCUT2D eigenvalue weighted by Gasteiger charge is 2.36. The standard InChI is InChI=1S/C22H21IN2O5S/c1-4-30-20-15(23)9-14(10-17(20)29-3)11-18-21(27)25(22(28)31-18)12-19(26)24-16-8-6-5-7-13(16)2/h5-11H,4,12H2,1-3H3,(H,24,26)/b18-11+. The van der Waals surface area contributed by atoms with E-state index in [2.05, 4.69) is 27.9 Å². The molecular weight excluding hydrogens is 531 g/mol. The number of thioether (sulfide) groups is 1. The Kier molecular flexibility index (Phi) is 7.60. The Morgan fingerprint density at radius 2 is 2.00 bits per heavy atom. The first-order valence-corrected chi connectivity index (χ1v) is 11.3. The van der Waals surface area contributed by atoms with Crippen molar-refractivity contribution < 1.29 is 23.9 Å². The number of carbonyl (C=O) groups is 3. The van der Waals surface area contributed by atoms with Gasteiger partial charge in [-0.25, -0.2) is 0 Å². The van der Waals surface area contributed by atoms with Gasteiger partial charge in [0.15, 0.2) is 11.5 Å². The minimum Gasteiger partial charge on any atom is -0.493 e. The SMILES string of the molecule is CCOc1c(I)cc(/C=C2/SC(=O)N(CC(=O)Nc3ccccc3C)C2=O)cc1OC. The monoisotopic (exact) mass is 552 g/mol. The Morgan fingerprint density at radius 3 is 2.68 bits per heavy atom. The van der Waals surface area contributed by atoms with Crippen LogP contribution in [0, 0.1) is 10.5 Å². The van der Waals surface area contributed by atoms with Crippen molar-refractivity contribution >= 4 is 63.2 Å². The topological polar surface area (TPSA) is 84.9 Å². The fourth-order valence-electron chi connectivity index (χ4n) is 2.94. The molecule has 1 aliphatic heterocycles. The number of nitrogens with zero attached hydrogens (tertiary/aromatic N) is 1. The number of para-hydroxylation sites is 1. The lowest BCUT2D eigenvalue weighted by Gasteiger charge is -2.13.